The molecule has 0 aromatic carbocycles. The van der Waals surface area contributed by atoms with Crippen molar-refractivity contribution in [2.75, 3.05) is 6.61 Å². The SMILES string of the molecule is CC12CCC(C(C)(F)F)(CC1)OC2. The molecule has 0 aromatic rings. The number of fused-ring (bicyclic) bond motifs is 3. The van der Waals surface area contributed by atoms with Crippen LogP contribution in [-0.2, 0) is 4.74 Å². The summed E-state index contributed by atoms with van der Waals surface area (Å²) < 4.78 is 32.0. The van der Waals surface area contributed by atoms with E-state index in [1.54, 1.807) is 0 Å². The van der Waals surface area contributed by atoms with Gasteiger partial charge in [-0.05, 0) is 31.1 Å². The molecule has 0 amide bonds. The highest BCUT2D eigenvalue weighted by Crippen LogP contribution is 2.53. The Labute approximate surface area is 77.5 Å². The quantitative estimate of drug-likeness (QED) is 0.617. The fourth-order valence-electron chi connectivity index (χ4n) is 2.42. The van der Waals surface area contributed by atoms with E-state index in [2.05, 4.69) is 6.92 Å². The number of halogens is 2. The minimum Gasteiger partial charge on any atom is -0.368 e. The molecule has 1 saturated carbocycles. The molecule has 1 nitrogen and oxygen atoms in total. The second-order valence-electron chi connectivity index (χ2n) is 4.98. The van der Waals surface area contributed by atoms with Crippen LogP contribution in [0.15, 0.2) is 0 Å². The van der Waals surface area contributed by atoms with E-state index in [-0.39, 0.29) is 5.41 Å². The van der Waals surface area contributed by atoms with Crippen LogP contribution in [0.5, 0.6) is 0 Å². The van der Waals surface area contributed by atoms with Gasteiger partial charge < -0.3 is 4.74 Å². The Kier molecular flexibility index (Phi) is 1.76. The van der Waals surface area contributed by atoms with E-state index in [1.807, 2.05) is 0 Å². The zero-order valence-electron chi connectivity index (χ0n) is 8.20. The summed E-state index contributed by atoms with van der Waals surface area (Å²) >= 11 is 0. The van der Waals surface area contributed by atoms with E-state index in [4.69, 9.17) is 4.74 Å². The van der Waals surface area contributed by atoms with E-state index in [9.17, 15) is 8.78 Å². The average Bonchev–Trinajstić information content (AvgIpc) is 2.04. The van der Waals surface area contributed by atoms with E-state index in [1.165, 1.54) is 0 Å². The van der Waals surface area contributed by atoms with E-state index >= 15 is 0 Å². The molecule has 1 aliphatic carbocycles. The van der Waals surface area contributed by atoms with Crippen LogP contribution in [0, 0.1) is 5.41 Å². The van der Waals surface area contributed by atoms with Crippen LogP contribution < -0.4 is 0 Å². The molecule has 0 spiro atoms. The molecule has 0 N–H and O–H groups in total. The Balaban J connectivity index is 2.20. The maximum Gasteiger partial charge on any atom is 0.273 e. The van der Waals surface area contributed by atoms with Gasteiger partial charge in [-0.15, -0.1) is 0 Å². The molecule has 2 aliphatic heterocycles. The van der Waals surface area contributed by atoms with Gasteiger partial charge in [0.05, 0.1) is 6.61 Å². The van der Waals surface area contributed by atoms with Crippen molar-refractivity contribution >= 4 is 0 Å². The lowest BCUT2D eigenvalue weighted by atomic mass is 9.65. The summed E-state index contributed by atoms with van der Waals surface area (Å²) in [6.45, 7) is 3.63. The van der Waals surface area contributed by atoms with Gasteiger partial charge in [-0.3, -0.25) is 0 Å². The summed E-state index contributed by atoms with van der Waals surface area (Å²) in [5.41, 5.74) is -0.961. The molecule has 3 fully saturated rings. The molecular weight excluding hydrogens is 174 g/mol. The third-order valence-corrected chi connectivity index (χ3v) is 3.76. The van der Waals surface area contributed by atoms with Crippen LogP contribution in [0.25, 0.3) is 0 Å². The Morgan fingerprint density at radius 2 is 1.69 bits per heavy atom. The summed E-state index contributed by atoms with van der Waals surface area (Å²) in [5, 5.41) is 0. The third kappa shape index (κ3) is 1.28. The molecule has 13 heavy (non-hydrogen) atoms. The monoisotopic (exact) mass is 190 g/mol. The smallest absolute Gasteiger partial charge is 0.273 e. The molecule has 76 valence electrons. The Morgan fingerprint density at radius 3 is 2.00 bits per heavy atom. The van der Waals surface area contributed by atoms with Crippen molar-refractivity contribution in [2.45, 2.75) is 51.1 Å². The number of rotatable bonds is 1. The molecule has 0 aromatic heterocycles. The van der Waals surface area contributed by atoms with Gasteiger partial charge in [-0.1, -0.05) is 6.92 Å². The zero-order chi connectivity index (χ0) is 9.74. The number of hydrogen-bond donors (Lipinski definition) is 0. The van der Waals surface area contributed by atoms with Crippen molar-refractivity contribution in [1.29, 1.82) is 0 Å². The first kappa shape index (κ1) is 9.38. The lowest BCUT2D eigenvalue weighted by Gasteiger charge is -2.53. The number of ether oxygens (including phenoxy) is 1. The lowest BCUT2D eigenvalue weighted by molar-refractivity contribution is -0.270. The van der Waals surface area contributed by atoms with Gasteiger partial charge in [-0.25, -0.2) is 8.78 Å². The average molecular weight is 190 g/mol. The molecule has 2 heterocycles. The van der Waals surface area contributed by atoms with Gasteiger partial charge in [0, 0.05) is 6.92 Å². The van der Waals surface area contributed by atoms with Crippen molar-refractivity contribution in [2.24, 2.45) is 5.41 Å². The Morgan fingerprint density at radius 1 is 1.15 bits per heavy atom. The molecule has 3 rings (SSSR count). The summed E-state index contributed by atoms with van der Waals surface area (Å²) in [7, 11) is 0. The van der Waals surface area contributed by atoms with E-state index in [0.717, 1.165) is 19.8 Å². The second kappa shape index (κ2) is 2.44. The molecule has 0 radical (unpaired) electrons. The fourth-order valence-corrected chi connectivity index (χ4v) is 2.42. The van der Waals surface area contributed by atoms with Crippen molar-refractivity contribution in [3.8, 4) is 0 Å². The minimum atomic E-state index is -2.69. The molecule has 2 bridgehead atoms. The molecule has 3 aliphatic rings. The van der Waals surface area contributed by atoms with Crippen molar-refractivity contribution in [3.05, 3.63) is 0 Å². The zero-order valence-corrected chi connectivity index (χ0v) is 8.20. The van der Waals surface area contributed by atoms with E-state index < -0.39 is 11.5 Å². The van der Waals surface area contributed by atoms with E-state index in [0.29, 0.717) is 19.4 Å². The number of alkyl halides is 2. The summed E-state index contributed by atoms with van der Waals surface area (Å²) in [4.78, 5) is 0. The normalized spacial score (nSPS) is 45.2. The highest BCUT2D eigenvalue weighted by Gasteiger charge is 2.58. The first-order valence-corrected chi connectivity index (χ1v) is 4.89. The fraction of sp³-hybridized carbons (Fsp3) is 1.00. The first-order chi connectivity index (χ1) is 5.87. The summed E-state index contributed by atoms with van der Waals surface area (Å²) in [6, 6.07) is 0. The van der Waals surface area contributed by atoms with Crippen LogP contribution in [0.4, 0.5) is 8.78 Å². The van der Waals surface area contributed by atoms with Crippen LogP contribution in [0.2, 0.25) is 0 Å². The Bertz CT molecular complexity index is 195. The van der Waals surface area contributed by atoms with Crippen LogP contribution in [0.1, 0.15) is 39.5 Å². The van der Waals surface area contributed by atoms with Crippen molar-refractivity contribution in [3.63, 3.8) is 0 Å². The third-order valence-electron chi connectivity index (χ3n) is 3.76. The van der Waals surface area contributed by atoms with Crippen LogP contribution in [-0.4, -0.2) is 18.1 Å². The molecular formula is C10H16F2O. The molecule has 0 atom stereocenters. The van der Waals surface area contributed by atoms with Gasteiger partial charge in [0.15, 0.2) is 0 Å². The molecule has 3 heteroatoms. The minimum absolute atomic E-state index is 0.174. The standard InChI is InChI=1S/C10H16F2O/c1-8-3-5-10(6-4-8,13-7-8)9(2,11)12/h3-7H2,1-2H3. The highest BCUT2D eigenvalue weighted by molar-refractivity contribution is 5.03. The van der Waals surface area contributed by atoms with Crippen LogP contribution >= 0.6 is 0 Å². The van der Waals surface area contributed by atoms with Crippen LogP contribution in [0.3, 0.4) is 0 Å². The maximum absolute atomic E-state index is 13.3. The topological polar surface area (TPSA) is 9.23 Å². The van der Waals surface area contributed by atoms with Crippen molar-refractivity contribution < 1.29 is 13.5 Å². The predicted molar refractivity (Wildman–Crippen MR) is 45.9 cm³/mol. The Hall–Kier alpha value is -0.180. The first-order valence-electron chi connectivity index (χ1n) is 4.89. The molecule has 2 saturated heterocycles. The summed E-state index contributed by atoms with van der Waals surface area (Å²) in [6.07, 6.45) is 2.81. The lowest BCUT2D eigenvalue weighted by Crippen LogP contribution is -2.58. The van der Waals surface area contributed by atoms with Crippen molar-refractivity contribution in [1.82, 2.24) is 0 Å². The van der Waals surface area contributed by atoms with Gasteiger partial charge in [0.2, 0.25) is 0 Å². The second-order valence-corrected chi connectivity index (χ2v) is 4.98. The van der Waals surface area contributed by atoms with Gasteiger partial charge in [0.25, 0.3) is 5.92 Å². The largest absolute Gasteiger partial charge is 0.368 e. The van der Waals surface area contributed by atoms with Gasteiger partial charge in [0.1, 0.15) is 5.60 Å². The predicted octanol–water partition coefficient (Wildman–Crippen LogP) is 2.99. The van der Waals surface area contributed by atoms with Gasteiger partial charge >= 0.3 is 0 Å². The van der Waals surface area contributed by atoms with Gasteiger partial charge in [-0.2, -0.15) is 0 Å². The number of hydrogen-bond acceptors (Lipinski definition) is 1. The summed E-state index contributed by atoms with van der Waals surface area (Å²) in [5.74, 6) is -2.69. The maximum atomic E-state index is 13.3. The highest BCUT2D eigenvalue weighted by atomic mass is 19.3. The molecule has 0 unspecified atom stereocenters.